The SMILES string of the molecule is CCC(C(=O)NC)N(Cc1c(Cl)cccc1Cl)C(=O)CCCN(c1ccc(OC)c(Cl)c1)S(C)(=O)=O. The molecule has 12 heteroatoms. The highest BCUT2D eigenvalue weighted by molar-refractivity contribution is 7.92. The highest BCUT2D eigenvalue weighted by Crippen LogP contribution is 2.31. The van der Waals surface area contributed by atoms with Crippen LogP contribution in [0.15, 0.2) is 36.4 Å². The van der Waals surface area contributed by atoms with E-state index < -0.39 is 16.1 Å². The fraction of sp³-hybridized carbons (Fsp3) is 0.417. The Bertz CT molecular complexity index is 1170. The van der Waals surface area contributed by atoms with E-state index in [0.717, 1.165) is 6.26 Å². The van der Waals surface area contributed by atoms with Crippen LogP contribution in [0.5, 0.6) is 5.75 Å². The van der Waals surface area contributed by atoms with Crippen LogP contribution in [0.25, 0.3) is 0 Å². The van der Waals surface area contributed by atoms with Crippen LogP contribution in [0.1, 0.15) is 31.7 Å². The molecule has 0 radical (unpaired) electrons. The van der Waals surface area contributed by atoms with Crippen LogP contribution in [0.3, 0.4) is 0 Å². The van der Waals surface area contributed by atoms with Crippen molar-refractivity contribution in [2.24, 2.45) is 0 Å². The monoisotopic (exact) mass is 577 g/mol. The summed E-state index contributed by atoms with van der Waals surface area (Å²) in [4.78, 5) is 27.3. The second kappa shape index (κ2) is 13.4. The number of hydrogen-bond acceptors (Lipinski definition) is 5. The summed E-state index contributed by atoms with van der Waals surface area (Å²) < 4.78 is 31.3. The van der Waals surface area contributed by atoms with Crippen LogP contribution in [0.4, 0.5) is 5.69 Å². The number of nitrogens with one attached hydrogen (secondary N) is 1. The van der Waals surface area contributed by atoms with Crippen molar-refractivity contribution >= 4 is 62.3 Å². The highest BCUT2D eigenvalue weighted by Gasteiger charge is 2.29. The van der Waals surface area contributed by atoms with E-state index in [1.807, 2.05) is 0 Å². The number of amides is 2. The van der Waals surface area contributed by atoms with Gasteiger partial charge in [0, 0.05) is 42.2 Å². The molecule has 2 aromatic carbocycles. The zero-order valence-electron chi connectivity index (χ0n) is 20.6. The molecule has 198 valence electrons. The van der Waals surface area contributed by atoms with Gasteiger partial charge >= 0.3 is 0 Å². The number of sulfonamides is 1. The summed E-state index contributed by atoms with van der Waals surface area (Å²) >= 11 is 18.8. The number of nitrogens with zero attached hydrogens (tertiary/aromatic N) is 2. The van der Waals surface area contributed by atoms with E-state index in [-0.39, 0.29) is 42.8 Å². The molecule has 2 rings (SSSR count). The van der Waals surface area contributed by atoms with Crippen LogP contribution in [-0.2, 0) is 26.2 Å². The number of rotatable bonds is 12. The van der Waals surface area contributed by atoms with Gasteiger partial charge < -0.3 is 15.0 Å². The molecule has 2 aromatic rings. The van der Waals surface area contributed by atoms with Crippen molar-refractivity contribution in [2.75, 3.05) is 31.3 Å². The van der Waals surface area contributed by atoms with E-state index in [4.69, 9.17) is 39.5 Å². The van der Waals surface area contributed by atoms with Crippen LogP contribution in [0.2, 0.25) is 15.1 Å². The molecule has 0 fully saturated rings. The zero-order valence-corrected chi connectivity index (χ0v) is 23.6. The maximum absolute atomic E-state index is 13.4. The summed E-state index contributed by atoms with van der Waals surface area (Å²) in [6.07, 6.45) is 1.64. The lowest BCUT2D eigenvalue weighted by atomic mass is 10.1. The number of benzene rings is 2. The molecule has 36 heavy (non-hydrogen) atoms. The van der Waals surface area contributed by atoms with Crippen LogP contribution >= 0.6 is 34.8 Å². The first-order chi connectivity index (χ1) is 16.9. The zero-order chi connectivity index (χ0) is 27.0. The molecule has 0 bridgehead atoms. The highest BCUT2D eigenvalue weighted by atomic mass is 35.5. The van der Waals surface area contributed by atoms with Gasteiger partial charge in [0.25, 0.3) is 0 Å². The Hall–Kier alpha value is -2.20. The molecule has 0 saturated carbocycles. The third-order valence-electron chi connectivity index (χ3n) is 5.60. The van der Waals surface area contributed by atoms with Crippen molar-refractivity contribution < 1.29 is 22.7 Å². The largest absolute Gasteiger partial charge is 0.495 e. The van der Waals surface area contributed by atoms with E-state index in [1.54, 1.807) is 37.3 Å². The van der Waals surface area contributed by atoms with Gasteiger partial charge in [-0.25, -0.2) is 8.42 Å². The van der Waals surface area contributed by atoms with E-state index in [2.05, 4.69) is 5.32 Å². The average molecular weight is 579 g/mol. The van der Waals surface area contributed by atoms with Crippen LogP contribution in [-0.4, -0.2) is 58.1 Å². The second-order valence-corrected chi connectivity index (χ2v) is 11.1. The molecule has 8 nitrogen and oxygen atoms in total. The Labute approximate surface area is 227 Å². The van der Waals surface area contributed by atoms with Gasteiger partial charge in [-0.3, -0.25) is 13.9 Å². The second-order valence-electron chi connectivity index (χ2n) is 8.02. The molecule has 0 aromatic heterocycles. The van der Waals surface area contributed by atoms with Gasteiger partial charge in [-0.15, -0.1) is 0 Å². The smallest absolute Gasteiger partial charge is 0.242 e. The van der Waals surface area contributed by atoms with Gasteiger partial charge in [0.15, 0.2) is 0 Å². The molecular formula is C24H30Cl3N3O5S. The number of likely N-dealkylation sites (N-methyl/N-ethyl adjacent to an activating group) is 1. The summed E-state index contributed by atoms with van der Waals surface area (Å²) in [5, 5.41) is 3.61. The first-order valence-electron chi connectivity index (χ1n) is 11.2. The normalized spacial score (nSPS) is 12.1. The van der Waals surface area contributed by atoms with Gasteiger partial charge in [0.1, 0.15) is 11.8 Å². The number of methoxy groups -OCH3 is 1. The maximum atomic E-state index is 13.4. The standard InChI is InChI=1S/C24H30Cl3N3O5S/c1-5-21(24(32)28-2)29(15-17-18(25)8-6-9-19(17)26)23(31)10-7-13-30(36(4,33)34)16-11-12-22(35-3)20(27)14-16/h6,8-9,11-12,14,21H,5,7,10,13,15H2,1-4H3,(H,28,32). The first kappa shape index (κ1) is 30.0. The fourth-order valence-electron chi connectivity index (χ4n) is 3.75. The lowest BCUT2D eigenvalue weighted by Gasteiger charge is -2.31. The number of halogens is 3. The van der Waals surface area contributed by atoms with E-state index in [9.17, 15) is 18.0 Å². The molecule has 1 N–H and O–H groups in total. The molecule has 0 aliphatic carbocycles. The molecule has 0 saturated heterocycles. The fourth-order valence-corrected chi connectivity index (χ4v) is 5.48. The van der Waals surface area contributed by atoms with Gasteiger partial charge in [-0.2, -0.15) is 0 Å². The average Bonchev–Trinajstić information content (AvgIpc) is 2.82. The first-order valence-corrected chi connectivity index (χ1v) is 14.2. The Morgan fingerprint density at radius 1 is 1.08 bits per heavy atom. The maximum Gasteiger partial charge on any atom is 0.242 e. The molecule has 0 heterocycles. The van der Waals surface area contributed by atoms with Crippen molar-refractivity contribution in [3.63, 3.8) is 0 Å². The summed E-state index contributed by atoms with van der Waals surface area (Å²) in [7, 11) is -0.698. The van der Waals surface area contributed by atoms with Crippen molar-refractivity contribution in [3.05, 3.63) is 57.0 Å². The molecule has 0 aliphatic rings. The molecular weight excluding hydrogens is 549 g/mol. The number of anilines is 1. The quantitative estimate of drug-likeness (QED) is 0.392. The molecule has 1 unspecified atom stereocenters. The van der Waals surface area contributed by atoms with Crippen molar-refractivity contribution in [1.29, 1.82) is 0 Å². The summed E-state index contributed by atoms with van der Waals surface area (Å²) in [6, 6.07) is 8.92. The van der Waals surface area contributed by atoms with Gasteiger partial charge in [-0.05, 0) is 43.2 Å². The number of carbonyl (C=O) groups is 2. The minimum atomic E-state index is -3.66. The number of hydrogen-bond donors (Lipinski definition) is 1. The molecule has 2 amide bonds. The minimum Gasteiger partial charge on any atom is -0.495 e. The number of carbonyl (C=O) groups excluding carboxylic acids is 2. The Balaban J connectivity index is 2.26. The molecule has 0 aliphatic heterocycles. The summed E-state index contributed by atoms with van der Waals surface area (Å²) in [6.45, 7) is 1.87. The Morgan fingerprint density at radius 3 is 2.22 bits per heavy atom. The van der Waals surface area contributed by atoms with Crippen molar-refractivity contribution in [3.8, 4) is 5.75 Å². The van der Waals surface area contributed by atoms with Gasteiger partial charge in [-0.1, -0.05) is 47.8 Å². The van der Waals surface area contributed by atoms with E-state index in [0.29, 0.717) is 33.5 Å². The van der Waals surface area contributed by atoms with Gasteiger partial charge in [0.05, 0.1) is 24.1 Å². The lowest BCUT2D eigenvalue weighted by molar-refractivity contribution is -0.141. The predicted molar refractivity (Wildman–Crippen MR) is 145 cm³/mol. The topological polar surface area (TPSA) is 96.0 Å². The number of ether oxygens (including phenoxy) is 1. The minimum absolute atomic E-state index is 0.00846. The lowest BCUT2D eigenvalue weighted by Crippen LogP contribution is -2.48. The third kappa shape index (κ3) is 7.65. The van der Waals surface area contributed by atoms with Crippen molar-refractivity contribution in [2.45, 2.75) is 38.8 Å². The van der Waals surface area contributed by atoms with Crippen LogP contribution in [0, 0.1) is 0 Å². The third-order valence-corrected chi connectivity index (χ3v) is 7.80. The molecule has 0 spiro atoms. The predicted octanol–water partition coefficient (Wildman–Crippen LogP) is 4.76. The van der Waals surface area contributed by atoms with Crippen LogP contribution < -0.4 is 14.4 Å². The molecule has 1 atom stereocenters. The Kier molecular flexibility index (Phi) is 11.2. The Morgan fingerprint density at radius 2 is 1.72 bits per heavy atom. The van der Waals surface area contributed by atoms with Gasteiger partial charge in [0.2, 0.25) is 21.8 Å². The van der Waals surface area contributed by atoms with E-state index in [1.165, 1.54) is 29.4 Å². The summed E-state index contributed by atoms with van der Waals surface area (Å²) in [5.74, 6) is -0.236. The van der Waals surface area contributed by atoms with E-state index >= 15 is 0 Å². The van der Waals surface area contributed by atoms with Crippen molar-refractivity contribution in [1.82, 2.24) is 10.2 Å². The summed E-state index contributed by atoms with van der Waals surface area (Å²) in [5.41, 5.74) is 0.884.